The molecule has 24 heavy (non-hydrogen) atoms. The van der Waals surface area contributed by atoms with Crippen molar-refractivity contribution in [3.05, 3.63) is 57.8 Å². The number of hydrogen-bond acceptors (Lipinski definition) is 4. The van der Waals surface area contributed by atoms with Crippen LogP contribution in [0.4, 0.5) is 5.69 Å². The molecule has 5 heteroatoms. The third-order valence-corrected chi connectivity index (χ3v) is 5.68. The van der Waals surface area contributed by atoms with Crippen LogP contribution in [-0.2, 0) is 13.2 Å². The first-order valence-electron chi connectivity index (χ1n) is 8.59. The molecule has 1 saturated carbocycles. The van der Waals surface area contributed by atoms with Gasteiger partial charge in [0.05, 0.1) is 18.0 Å². The lowest BCUT2D eigenvalue weighted by molar-refractivity contribution is 0.282. The Labute approximate surface area is 150 Å². The predicted molar refractivity (Wildman–Crippen MR) is 98.9 cm³/mol. The summed E-state index contributed by atoms with van der Waals surface area (Å²) < 4.78 is 0.919. The monoisotopic (exact) mass is 387 g/mol. The van der Waals surface area contributed by atoms with Crippen molar-refractivity contribution in [3.8, 4) is 0 Å². The van der Waals surface area contributed by atoms with Gasteiger partial charge in [-0.2, -0.15) is 0 Å². The minimum atomic E-state index is 0.102. The van der Waals surface area contributed by atoms with Crippen molar-refractivity contribution in [1.29, 1.82) is 0 Å². The van der Waals surface area contributed by atoms with Crippen molar-refractivity contribution in [2.75, 3.05) is 5.32 Å². The highest BCUT2D eigenvalue weighted by Gasteiger charge is 2.40. The van der Waals surface area contributed by atoms with Gasteiger partial charge in [0, 0.05) is 24.5 Å². The van der Waals surface area contributed by atoms with Gasteiger partial charge in [0.2, 0.25) is 0 Å². The average molecular weight is 388 g/mol. The Morgan fingerprint density at radius 1 is 1.12 bits per heavy atom. The van der Waals surface area contributed by atoms with Gasteiger partial charge < -0.3 is 15.7 Å². The number of nitrogens with zero attached hydrogens (tertiary/aromatic N) is 1. The number of rotatable bonds is 4. The summed E-state index contributed by atoms with van der Waals surface area (Å²) in [6, 6.07) is 13.2. The highest BCUT2D eigenvalue weighted by molar-refractivity contribution is 9.10. The molecule has 3 atom stereocenters. The number of hydrogen-bond donors (Lipinski definition) is 3. The zero-order valence-corrected chi connectivity index (χ0v) is 15.1. The van der Waals surface area contributed by atoms with Crippen molar-refractivity contribution in [2.24, 2.45) is 0 Å². The normalized spacial score (nSPS) is 25.0. The van der Waals surface area contributed by atoms with Crippen LogP contribution in [0.1, 0.15) is 42.0 Å². The average Bonchev–Trinajstić information content (AvgIpc) is 2.99. The molecule has 4 rings (SSSR count). The smallest absolute Gasteiger partial charge is 0.106 e. The lowest BCUT2D eigenvalue weighted by Gasteiger charge is -2.34. The highest BCUT2D eigenvalue weighted by Crippen LogP contribution is 2.43. The number of aliphatic hydroxyl groups is 1. The Balaban J connectivity index is 1.45. The van der Waals surface area contributed by atoms with E-state index in [2.05, 4.69) is 44.8 Å². The van der Waals surface area contributed by atoms with Gasteiger partial charge in [-0.3, -0.25) is 0 Å². The first kappa shape index (κ1) is 16.1. The van der Waals surface area contributed by atoms with E-state index in [1.54, 1.807) is 0 Å². The van der Waals surface area contributed by atoms with Gasteiger partial charge in [-0.05, 0) is 52.0 Å². The van der Waals surface area contributed by atoms with E-state index < -0.39 is 0 Å². The minimum absolute atomic E-state index is 0.102. The summed E-state index contributed by atoms with van der Waals surface area (Å²) in [4.78, 5) is 4.71. The van der Waals surface area contributed by atoms with Gasteiger partial charge in [-0.25, -0.2) is 4.98 Å². The van der Waals surface area contributed by atoms with Crippen molar-refractivity contribution < 1.29 is 5.11 Å². The molecular formula is C19H22BrN3O. The fraction of sp³-hybridized carbons (Fsp3) is 0.421. The Kier molecular flexibility index (Phi) is 4.57. The molecule has 2 unspecified atom stereocenters. The standard InChI is InChI=1S/C19H22BrN3O/c20-17-9-8-16-19(23-17)14-2-1-3-15(18(14)22-16)21-10-12-4-6-13(11-24)7-5-12/h4-9,14-15,18,21-22,24H,1-3,10-11H2/t14?,15-,18?/m1/s1. The molecule has 0 radical (unpaired) electrons. The SMILES string of the molecule is OCc1ccc(CN[C@@H]2CCCC3c4nc(Br)ccc4NC32)cc1. The quantitative estimate of drug-likeness (QED) is 0.702. The van der Waals surface area contributed by atoms with Gasteiger partial charge in [0.15, 0.2) is 0 Å². The summed E-state index contributed by atoms with van der Waals surface area (Å²) >= 11 is 3.50. The van der Waals surface area contributed by atoms with Crippen molar-refractivity contribution in [3.63, 3.8) is 0 Å². The fourth-order valence-electron chi connectivity index (χ4n) is 3.98. The molecule has 1 aromatic heterocycles. The second-order valence-electron chi connectivity index (χ2n) is 6.74. The molecule has 1 aliphatic carbocycles. The van der Waals surface area contributed by atoms with Crippen LogP contribution in [0, 0.1) is 0 Å². The van der Waals surface area contributed by atoms with Gasteiger partial charge in [0.1, 0.15) is 4.60 Å². The molecule has 3 N–H and O–H groups in total. The first-order valence-corrected chi connectivity index (χ1v) is 9.39. The van der Waals surface area contributed by atoms with Crippen LogP contribution in [0.15, 0.2) is 41.0 Å². The molecule has 0 amide bonds. The van der Waals surface area contributed by atoms with Gasteiger partial charge in [0.25, 0.3) is 0 Å². The van der Waals surface area contributed by atoms with Crippen LogP contribution in [-0.4, -0.2) is 22.2 Å². The van der Waals surface area contributed by atoms with Gasteiger partial charge >= 0.3 is 0 Å². The molecule has 1 aromatic carbocycles. The van der Waals surface area contributed by atoms with Gasteiger partial charge in [-0.1, -0.05) is 30.7 Å². The van der Waals surface area contributed by atoms with Crippen LogP contribution >= 0.6 is 15.9 Å². The molecule has 0 saturated heterocycles. The van der Waals surface area contributed by atoms with Crippen LogP contribution in [0.5, 0.6) is 0 Å². The number of aromatic nitrogens is 1. The lowest BCUT2D eigenvalue weighted by Crippen LogP contribution is -2.47. The number of aliphatic hydroxyl groups excluding tert-OH is 1. The molecular weight excluding hydrogens is 366 g/mol. The summed E-state index contributed by atoms with van der Waals surface area (Å²) in [5.41, 5.74) is 4.62. The molecule has 0 bridgehead atoms. The number of pyridine rings is 1. The highest BCUT2D eigenvalue weighted by atomic mass is 79.9. The lowest BCUT2D eigenvalue weighted by atomic mass is 9.81. The zero-order chi connectivity index (χ0) is 16.5. The second-order valence-corrected chi connectivity index (χ2v) is 7.55. The maximum Gasteiger partial charge on any atom is 0.106 e. The van der Waals surface area contributed by atoms with Crippen LogP contribution in [0.25, 0.3) is 0 Å². The Bertz CT molecular complexity index is 719. The summed E-state index contributed by atoms with van der Waals surface area (Å²) in [5, 5.41) is 16.6. The van der Waals surface area contributed by atoms with E-state index in [0.717, 1.165) is 16.7 Å². The maximum absolute atomic E-state index is 9.14. The van der Waals surface area contributed by atoms with Crippen molar-refractivity contribution in [2.45, 2.75) is 50.4 Å². The van der Waals surface area contributed by atoms with Gasteiger partial charge in [-0.15, -0.1) is 0 Å². The largest absolute Gasteiger partial charge is 0.392 e. The van der Waals surface area contributed by atoms with E-state index in [9.17, 15) is 0 Å². The van der Waals surface area contributed by atoms with Crippen molar-refractivity contribution >= 4 is 21.6 Å². The molecule has 1 aliphatic heterocycles. The fourth-order valence-corrected chi connectivity index (χ4v) is 4.30. The molecule has 2 aromatic rings. The summed E-state index contributed by atoms with van der Waals surface area (Å²) in [6.07, 6.45) is 3.63. The summed E-state index contributed by atoms with van der Waals surface area (Å²) in [6.45, 7) is 0.958. The van der Waals surface area contributed by atoms with Crippen LogP contribution < -0.4 is 10.6 Å². The number of benzene rings is 1. The van der Waals surface area contributed by atoms with E-state index in [0.29, 0.717) is 18.0 Å². The molecule has 0 spiro atoms. The third kappa shape index (κ3) is 3.08. The second kappa shape index (κ2) is 6.82. The predicted octanol–water partition coefficient (Wildman–Crippen LogP) is 3.56. The number of halogens is 1. The zero-order valence-electron chi connectivity index (χ0n) is 13.5. The minimum Gasteiger partial charge on any atom is -0.392 e. The maximum atomic E-state index is 9.14. The summed E-state index contributed by atoms with van der Waals surface area (Å²) in [5.74, 6) is 0.500. The summed E-state index contributed by atoms with van der Waals surface area (Å²) in [7, 11) is 0. The Morgan fingerprint density at radius 3 is 2.71 bits per heavy atom. The first-order chi connectivity index (χ1) is 11.7. The third-order valence-electron chi connectivity index (χ3n) is 5.24. The van der Waals surface area contributed by atoms with E-state index >= 15 is 0 Å². The Hall–Kier alpha value is -1.43. The molecule has 2 heterocycles. The van der Waals surface area contributed by atoms with E-state index in [-0.39, 0.29) is 6.61 Å². The molecule has 1 fully saturated rings. The molecule has 4 nitrogen and oxygen atoms in total. The Morgan fingerprint density at radius 2 is 1.92 bits per heavy atom. The topological polar surface area (TPSA) is 57.2 Å². The van der Waals surface area contributed by atoms with Crippen LogP contribution in [0.2, 0.25) is 0 Å². The molecule has 2 aliphatic rings. The number of anilines is 1. The molecule has 126 valence electrons. The number of nitrogens with one attached hydrogen (secondary N) is 2. The van der Waals surface area contributed by atoms with E-state index in [1.807, 2.05) is 18.2 Å². The van der Waals surface area contributed by atoms with Crippen molar-refractivity contribution in [1.82, 2.24) is 10.3 Å². The van der Waals surface area contributed by atoms with Crippen LogP contribution in [0.3, 0.4) is 0 Å². The number of fused-ring (bicyclic) bond motifs is 3. The van der Waals surface area contributed by atoms with E-state index in [1.165, 1.54) is 36.2 Å². The van der Waals surface area contributed by atoms with E-state index in [4.69, 9.17) is 10.1 Å².